The second-order valence-corrected chi connectivity index (χ2v) is 7.61. The molecule has 0 bridgehead atoms. The molecule has 0 amide bonds. The fraction of sp³-hybridized carbons (Fsp3) is 0.348. The van der Waals surface area contributed by atoms with Gasteiger partial charge in [0.15, 0.2) is 11.5 Å². The zero-order valence-corrected chi connectivity index (χ0v) is 15.8. The van der Waals surface area contributed by atoms with Crippen molar-refractivity contribution in [2.75, 3.05) is 13.7 Å². The molecule has 144 valence electrons. The molecule has 3 atom stereocenters. The number of methoxy groups -OCH3 is 1. The summed E-state index contributed by atoms with van der Waals surface area (Å²) >= 11 is 0. The van der Waals surface area contributed by atoms with Crippen molar-refractivity contribution in [3.05, 3.63) is 71.3 Å². The molecule has 3 aliphatic rings. The van der Waals surface area contributed by atoms with E-state index in [-0.39, 0.29) is 23.6 Å². The second kappa shape index (κ2) is 6.67. The summed E-state index contributed by atoms with van der Waals surface area (Å²) in [7, 11) is 1.67. The standard InChI is InChI=1S/C23H23NO4/c1-26-18-8-7-16-14-24-12-11-23-10-9-17(13-19(23)28-21(18)20(16)23)27-22(25)15-5-3-2-4-6-15/h2-10,17,19,24H,11-14H2,1H3/t17-,19-,23-/m0/s1. The van der Waals surface area contributed by atoms with Crippen LogP contribution in [0.1, 0.15) is 34.3 Å². The molecule has 2 aromatic carbocycles. The molecule has 1 spiro atoms. The van der Waals surface area contributed by atoms with Gasteiger partial charge in [-0.1, -0.05) is 30.3 Å². The highest BCUT2D eigenvalue weighted by Crippen LogP contribution is 2.55. The van der Waals surface area contributed by atoms with Gasteiger partial charge in [-0.05, 0) is 42.8 Å². The van der Waals surface area contributed by atoms with E-state index in [0.29, 0.717) is 12.0 Å². The molecule has 1 aliphatic carbocycles. The number of hydrogen-bond donors (Lipinski definition) is 1. The minimum atomic E-state index is -0.303. The van der Waals surface area contributed by atoms with E-state index < -0.39 is 0 Å². The van der Waals surface area contributed by atoms with Crippen LogP contribution < -0.4 is 14.8 Å². The zero-order chi connectivity index (χ0) is 19.1. The van der Waals surface area contributed by atoms with Crippen molar-refractivity contribution in [2.45, 2.75) is 37.0 Å². The minimum Gasteiger partial charge on any atom is -0.493 e. The van der Waals surface area contributed by atoms with Gasteiger partial charge in [0.2, 0.25) is 0 Å². The summed E-state index contributed by atoms with van der Waals surface area (Å²) in [6, 6.07) is 13.2. The number of carbonyl (C=O) groups excluding carboxylic acids is 1. The first-order valence-electron chi connectivity index (χ1n) is 9.74. The highest BCUT2D eigenvalue weighted by atomic mass is 16.6. The maximum Gasteiger partial charge on any atom is 0.338 e. The third-order valence-corrected chi connectivity index (χ3v) is 6.08. The molecule has 5 nitrogen and oxygen atoms in total. The lowest BCUT2D eigenvalue weighted by Gasteiger charge is -2.36. The predicted octanol–water partition coefficient (Wildman–Crippen LogP) is 3.37. The molecular formula is C23H23NO4. The van der Waals surface area contributed by atoms with Crippen LogP contribution in [0.15, 0.2) is 54.6 Å². The molecule has 1 N–H and O–H groups in total. The van der Waals surface area contributed by atoms with Crippen LogP contribution in [0, 0.1) is 0 Å². The van der Waals surface area contributed by atoms with Crippen molar-refractivity contribution in [2.24, 2.45) is 0 Å². The zero-order valence-electron chi connectivity index (χ0n) is 15.8. The summed E-state index contributed by atoms with van der Waals surface area (Å²) in [5.74, 6) is 1.30. The molecule has 2 aliphatic heterocycles. The highest BCUT2D eigenvalue weighted by Gasteiger charge is 2.52. The van der Waals surface area contributed by atoms with Crippen LogP contribution >= 0.6 is 0 Å². The summed E-state index contributed by atoms with van der Waals surface area (Å²) in [6.07, 6.45) is 5.43. The lowest BCUT2D eigenvalue weighted by molar-refractivity contribution is 0.0222. The number of ether oxygens (including phenoxy) is 3. The number of esters is 1. The fourth-order valence-corrected chi connectivity index (χ4v) is 4.72. The predicted molar refractivity (Wildman–Crippen MR) is 105 cm³/mol. The Kier molecular flexibility index (Phi) is 4.13. The molecular weight excluding hydrogens is 354 g/mol. The first-order valence-corrected chi connectivity index (χ1v) is 9.74. The summed E-state index contributed by atoms with van der Waals surface area (Å²) in [5, 5.41) is 3.51. The third-order valence-electron chi connectivity index (χ3n) is 6.08. The molecule has 0 saturated heterocycles. The topological polar surface area (TPSA) is 56.8 Å². The van der Waals surface area contributed by atoms with Gasteiger partial charge in [-0.15, -0.1) is 0 Å². The smallest absolute Gasteiger partial charge is 0.338 e. The minimum absolute atomic E-state index is 0.0731. The largest absolute Gasteiger partial charge is 0.493 e. The van der Waals surface area contributed by atoms with Gasteiger partial charge in [-0.25, -0.2) is 4.79 Å². The molecule has 5 rings (SSSR count). The van der Waals surface area contributed by atoms with Gasteiger partial charge in [0, 0.05) is 18.5 Å². The van der Waals surface area contributed by atoms with Gasteiger partial charge in [0.1, 0.15) is 12.2 Å². The van der Waals surface area contributed by atoms with Crippen molar-refractivity contribution < 1.29 is 19.0 Å². The molecule has 0 fully saturated rings. The van der Waals surface area contributed by atoms with Crippen LogP contribution in [0.25, 0.3) is 0 Å². The summed E-state index contributed by atoms with van der Waals surface area (Å²) in [6.45, 7) is 1.74. The lowest BCUT2D eigenvalue weighted by Crippen LogP contribution is -2.43. The van der Waals surface area contributed by atoms with Crippen LogP contribution in [0.3, 0.4) is 0 Å². The summed E-state index contributed by atoms with van der Waals surface area (Å²) < 4.78 is 17.7. The Morgan fingerprint density at radius 3 is 2.89 bits per heavy atom. The molecule has 5 heteroatoms. The van der Waals surface area contributed by atoms with Crippen LogP contribution in [-0.4, -0.2) is 31.8 Å². The van der Waals surface area contributed by atoms with Crippen LogP contribution in [0.5, 0.6) is 11.5 Å². The Morgan fingerprint density at radius 2 is 2.07 bits per heavy atom. The molecule has 0 unspecified atom stereocenters. The molecule has 2 heterocycles. The van der Waals surface area contributed by atoms with Crippen molar-refractivity contribution in [3.63, 3.8) is 0 Å². The van der Waals surface area contributed by atoms with Crippen molar-refractivity contribution in [1.82, 2.24) is 5.32 Å². The average Bonchev–Trinajstić information content (AvgIpc) is 2.94. The molecule has 2 aromatic rings. The van der Waals surface area contributed by atoms with Gasteiger partial charge in [-0.3, -0.25) is 0 Å². The van der Waals surface area contributed by atoms with E-state index in [9.17, 15) is 4.79 Å². The molecule has 28 heavy (non-hydrogen) atoms. The fourth-order valence-electron chi connectivity index (χ4n) is 4.72. The SMILES string of the molecule is COc1ccc2c3c1O[C@H]1C[C@@H](OC(=O)c4ccccc4)C=C[C@@]31CCNC2. The first kappa shape index (κ1) is 17.3. The van der Waals surface area contributed by atoms with Gasteiger partial charge < -0.3 is 19.5 Å². The molecule has 0 radical (unpaired) electrons. The number of hydrogen-bond acceptors (Lipinski definition) is 5. The summed E-state index contributed by atoms with van der Waals surface area (Å²) in [4.78, 5) is 12.5. The monoisotopic (exact) mass is 377 g/mol. The van der Waals surface area contributed by atoms with E-state index in [1.807, 2.05) is 30.3 Å². The molecule has 0 aromatic heterocycles. The van der Waals surface area contributed by atoms with E-state index >= 15 is 0 Å². The normalized spacial score (nSPS) is 27.2. The van der Waals surface area contributed by atoms with E-state index in [4.69, 9.17) is 14.2 Å². The van der Waals surface area contributed by atoms with Crippen LogP contribution in [0.2, 0.25) is 0 Å². The maximum absolute atomic E-state index is 12.5. The number of nitrogens with one attached hydrogen (secondary N) is 1. The number of carbonyl (C=O) groups is 1. The van der Waals surface area contributed by atoms with Gasteiger partial charge in [-0.2, -0.15) is 0 Å². The van der Waals surface area contributed by atoms with E-state index in [2.05, 4.69) is 17.5 Å². The van der Waals surface area contributed by atoms with Gasteiger partial charge in [0.05, 0.1) is 18.1 Å². The van der Waals surface area contributed by atoms with Crippen molar-refractivity contribution >= 4 is 5.97 Å². The Bertz CT molecular complexity index is 939. The molecule has 0 saturated carbocycles. The van der Waals surface area contributed by atoms with E-state index in [1.165, 1.54) is 11.1 Å². The van der Waals surface area contributed by atoms with E-state index in [0.717, 1.165) is 31.0 Å². The second-order valence-electron chi connectivity index (χ2n) is 7.61. The van der Waals surface area contributed by atoms with Crippen molar-refractivity contribution in [3.8, 4) is 11.5 Å². The Morgan fingerprint density at radius 1 is 1.21 bits per heavy atom. The third kappa shape index (κ3) is 2.61. The van der Waals surface area contributed by atoms with Gasteiger partial charge >= 0.3 is 5.97 Å². The Hall–Kier alpha value is -2.79. The number of benzene rings is 2. The lowest BCUT2D eigenvalue weighted by atomic mass is 9.69. The maximum atomic E-state index is 12.5. The van der Waals surface area contributed by atoms with Gasteiger partial charge in [0.25, 0.3) is 0 Å². The quantitative estimate of drug-likeness (QED) is 0.657. The Labute approximate surface area is 164 Å². The first-order chi connectivity index (χ1) is 13.7. The number of rotatable bonds is 3. The Balaban J connectivity index is 1.47. The summed E-state index contributed by atoms with van der Waals surface area (Å²) in [5.41, 5.74) is 2.85. The van der Waals surface area contributed by atoms with Crippen LogP contribution in [0.4, 0.5) is 0 Å². The van der Waals surface area contributed by atoms with Crippen LogP contribution in [-0.2, 0) is 16.7 Å². The highest BCUT2D eigenvalue weighted by molar-refractivity contribution is 5.89. The van der Waals surface area contributed by atoms with Crippen molar-refractivity contribution in [1.29, 1.82) is 0 Å². The van der Waals surface area contributed by atoms with E-state index in [1.54, 1.807) is 19.2 Å². The average molecular weight is 377 g/mol.